The number of benzene rings is 1. The van der Waals surface area contributed by atoms with Gasteiger partial charge in [0.25, 0.3) is 0 Å². The van der Waals surface area contributed by atoms with Crippen LogP contribution in [0, 0.1) is 0 Å². The van der Waals surface area contributed by atoms with Crippen molar-refractivity contribution in [3.05, 3.63) is 29.8 Å². The Bertz CT molecular complexity index is 265. The Hall–Kier alpha value is -1.06. The van der Waals surface area contributed by atoms with E-state index in [1.807, 2.05) is 12.1 Å². The molecule has 0 aliphatic carbocycles. The van der Waals surface area contributed by atoms with Crippen LogP contribution in [0.1, 0.15) is 17.9 Å². The molecule has 0 amide bonds. The highest BCUT2D eigenvalue weighted by Gasteiger charge is 2.10. The second-order valence-corrected chi connectivity index (χ2v) is 3.50. The van der Waals surface area contributed by atoms with Crippen molar-refractivity contribution in [2.45, 2.75) is 12.3 Å². The summed E-state index contributed by atoms with van der Waals surface area (Å²) in [4.78, 5) is 0. The number of rotatable bonds is 6. The number of methoxy groups -OCH3 is 2. The Kier molecular flexibility index (Phi) is 5.15. The average Bonchev–Trinajstić information content (AvgIpc) is 2.29. The van der Waals surface area contributed by atoms with Crippen molar-refractivity contribution in [3.63, 3.8) is 0 Å². The summed E-state index contributed by atoms with van der Waals surface area (Å²) < 4.78 is 10.3. The predicted octanol–water partition coefficient (Wildman–Crippen LogP) is 1.77. The molecule has 0 aromatic heterocycles. The Morgan fingerprint density at radius 1 is 1.20 bits per heavy atom. The summed E-state index contributed by atoms with van der Waals surface area (Å²) >= 11 is 0. The standard InChI is InChI=1S/C12H19NO2/c1-14-9-11(7-8-13)10-3-5-12(15-2)6-4-10/h3-6,11H,7-9,13H2,1-2H3. The van der Waals surface area contributed by atoms with E-state index < -0.39 is 0 Å². The van der Waals surface area contributed by atoms with E-state index in [2.05, 4.69) is 12.1 Å². The van der Waals surface area contributed by atoms with Crippen LogP contribution in [0.25, 0.3) is 0 Å². The van der Waals surface area contributed by atoms with E-state index in [-0.39, 0.29) is 0 Å². The fourth-order valence-corrected chi connectivity index (χ4v) is 1.62. The molecular weight excluding hydrogens is 190 g/mol. The normalized spacial score (nSPS) is 12.5. The van der Waals surface area contributed by atoms with E-state index in [1.54, 1.807) is 14.2 Å². The van der Waals surface area contributed by atoms with Gasteiger partial charge in [0.05, 0.1) is 13.7 Å². The van der Waals surface area contributed by atoms with Gasteiger partial charge >= 0.3 is 0 Å². The minimum atomic E-state index is 0.380. The van der Waals surface area contributed by atoms with Gasteiger partial charge in [-0.25, -0.2) is 0 Å². The maximum atomic E-state index is 5.57. The molecule has 0 aliphatic heterocycles. The molecule has 0 radical (unpaired) electrons. The second kappa shape index (κ2) is 6.43. The van der Waals surface area contributed by atoms with Crippen LogP contribution in [0.4, 0.5) is 0 Å². The fraction of sp³-hybridized carbons (Fsp3) is 0.500. The summed E-state index contributed by atoms with van der Waals surface area (Å²) in [6.45, 7) is 1.39. The smallest absolute Gasteiger partial charge is 0.118 e. The monoisotopic (exact) mass is 209 g/mol. The maximum Gasteiger partial charge on any atom is 0.118 e. The molecular formula is C12H19NO2. The van der Waals surface area contributed by atoms with Gasteiger partial charge in [-0.15, -0.1) is 0 Å². The van der Waals surface area contributed by atoms with E-state index in [0.717, 1.165) is 12.2 Å². The molecule has 0 saturated heterocycles. The molecule has 0 bridgehead atoms. The van der Waals surface area contributed by atoms with Crippen molar-refractivity contribution in [3.8, 4) is 5.75 Å². The van der Waals surface area contributed by atoms with Crippen LogP contribution in [-0.4, -0.2) is 27.4 Å². The summed E-state index contributed by atoms with van der Waals surface area (Å²) in [6.07, 6.45) is 0.945. The molecule has 1 atom stereocenters. The van der Waals surface area contributed by atoms with Gasteiger partial charge in [0.1, 0.15) is 5.75 Å². The van der Waals surface area contributed by atoms with Gasteiger partial charge in [0.15, 0.2) is 0 Å². The molecule has 0 aliphatic rings. The van der Waals surface area contributed by atoms with Crippen LogP contribution in [0.2, 0.25) is 0 Å². The Labute approximate surface area is 91.2 Å². The van der Waals surface area contributed by atoms with E-state index >= 15 is 0 Å². The zero-order valence-corrected chi connectivity index (χ0v) is 9.40. The minimum absolute atomic E-state index is 0.380. The van der Waals surface area contributed by atoms with Crippen LogP contribution >= 0.6 is 0 Å². The van der Waals surface area contributed by atoms with Gasteiger partial charge in [-0.1, -0.05) is 12.1 Å². The average molecular weight is 209 g/mol. The highest BCUT2D eigenvalue weighted by molar-refractivity contribution is 5.29. The molecule has 1 aromatic carbocycles. The largest absolute Gasteiger partial charge is 0.497 e. The van der Waals surface area contributed by atoms with Crippen molar-refractivity contribution in [1.29, 1.82) is 0 Å². The fourth-order valence-electron chi connectivity index (χ4n) is 1.62. The van der Waals surface area contributed by atoms with Crippen LogP contribution in [0.5, 0.6) is 5.75 Å². The molecule has 0 heterocycles. The molecule has 1 rings (SSSR count). The zero-order chi connectivity index (χ0) is 11.1. The van der Waals surface area contributed by atoms with Gasteiger partial charge < -0.3 is 15.2 Å². The van der Waals surface area contributed by atoms with Gasteiger partial charge in [-0.2, -0.15) is 0 Å². The van der Waals surface area contributed by atoms with Gasteiger partial charge in [0.2, 0.25) is 0 Å². The Balaban J connectivity index is 2.72. The third-order valence-electron chi connectivity index (χ3n) is 2.47. The SMILES string of the molecule is COCC(CCN)c1ccc(OC)cc1. The first-order valence-electron chi connectivity index (χ1n) is 5.14. The number of nitrogens with two attached hydrogens (primary N) is 1. The van der Waals surface area contributed by atoms with E-state index in [4.69, 9.17) is 15.2 Å². The first-order chi connectivity index (χ1) is 7.31. The Morgan fingerprint density at radius 2 is 1.87 bits per heavy atom. The highest BCUT2D eigenvalue weighted by atomic mass is 16.5. The van der Waals surface area contributed by atoms with Crippen LogP contribution in [0.15, 0.2) is 24.3 Å². The van der Waals surface area contributed by atoms with Crippen molar-refractivity contribution in [2.75, 3.05) is 27.4 Å². The van der Waals surface area contributed by atoms with Crippen LogP contribution < -0.4 is 10.5 Å². The van der Waals surface area contributed by atoms with E-state index in [1.165, 1.54) is 5.56 Å². The molecule has 3 nitrogen and oxygen atoms in total. The van der Waals surface area contributed by atoms with E-state index in [0.29, 0.717) is 19.1 Å². The molecule has 0 saturated carbocycles. The number of hydrogen-bond donors (Lipinski definition) is 1. The molecule has 3 heteroatoms. The van der Waals surface area contributed by atoms with Gasteiger partial charge in [-0.3, -0.25) is 0 Å². The van der Waals surface area contributed by atoms with Gasteiger partial charge in [-0.05, 0) is 30.7 Å². The lowest BCUT2D eigenvalue weighted by atomic mass is 9.96. The first kappa shape index (κ1) is 12.0. The molecule has 84 valence electrons. The predicted molar refractivity (Wildman–Crippen MR) is 61.3 cm³/mol. The summed E-state index contributed by atoms with van der Waals surface area (Å²) in [5, 5.41) is 0. The van der Waals surface area contributed by atoms with E-state index in [9.17, 15) is 0 Å². The Morgan fingerprint density at radius 3 is 2.33 bits per heavy atom. The summed E-state index contributed by atoms with van der Waals surface area (Å²) in [5.41, 5.74) is 6.83. The molecule has 2 N–H and O–H groups in total. The second-order valence-electron chi connectivity index (χ2n) is 3.50. The molecule has 0 fully saturated rings. The summed E-state index contributed by atoms with van der Waals surface area (Å²) in [5.74, 6) is 1.26. The quantitative estimate of drug-likeness (QED) is 0.776. The topological polar surface area (TPSA) is 44.5 Å². The molecule has 0 spiro atoms. The lowest BCUT2D eigenvalue weighted by molar-refractivity contribution is 0.176. The van der Waals surface area contributed by atoms with Crippen LogP contribution in [-0.2, 0) is 4.74 Å². The molecule has 15 heavy (non-hydrogen) atoms. The summed E-state index contributed by atoms with van der Waals surface area (Å²) in [6, 6.07) is 8.07. The lowest BCUT2D eigenvalue weighted by Crippen LogP contribution is -2.12. The third kappa shape index (κ3) is 3.53. The maximum absolute atomic E-state index is 5.57. The minimum Gasteiger partial charge on any atom is -0.497 e. The van der Waals surface area contributed by atoms with Crippen molar-refractivity contribution in [2.24, 2.45) is 5.73 Å². The molecule has 1 unspecified atom stereocenters. The lowest BCUT2D eigenvalue weighted by Gasteiger charge is -2.15. The van der Waals surface area contributed by atoms with Gasteiger partial charge in [0, 0.05) is 13.0 Å². The summed E-state index contributed by atoms with van der Waals surface area (Å²) in [7, 11) is 3.38. The number of hydrogen-bond acceptors (Lipinski definition) is 3. The highest BCUT2D eigenvalue weighted by Crippen LogP contribution is 2.22. The van der Waals surface area contributed by atoms with Crippen molar-refractivity contribution in [1.82, 2.24) is 0 Å². The van der Waals surface area contributed by atoms with Crippen molar-refractivity contribution < 1.29 is 9.47 Å². The van der Waals surface area contributed by atoms with Crippen LogP contribution in [0.3, 0.4) is 0 Å². The third-order valence-corrected chi connectivity index (χ3v) is 2.47. The van der Waals surface area contributed by atoms with Crippen molar-refractivity contribution >= 4 is 0 Å². The zero-order valence-electron chi connectivity index (χ0n) is 9.40. The number of ether oxygens (including phenoxy) is 2. The molecule has 1 aromatic rings. The first-order valence-corrected chi connectivity index (χ1v) is 5.14.